The summed E-state index contributed by atoms with van der Waals surface area (Å²) in [6.45, 7) is 14.9. The Bertz CT molecular complexity index is 350. The minimum Gasteiger partial charge on any atom is -0.444 e. The fourth-order valence-electron chi connectivity index (χ4n) is 2.85. The van der Waals surface area contributed by atoms with E-state index in [-0.39, 0.29) is 12.1 Å². The normalized spacial score (nSPS) is 22.7. The molecule has 1 amide bonds. The summed E-state index contributed by atoms with van der Waals surface area (Å²) >= 11 is 0. The van der Waals surface area contributed by atoms with Crippen molar-refractivity contribution < 1.29 is 9.53 Å². The van der Waals surface area contributed by atoms with E-state index in [4.69, 9.17) is 4.74 Å². The number of carbonyl (C=O) groups is 1. The van der Waals surface area contributed by atoms with Crippen molar-refractivity contribution in [3.63, 3.8) is 0 Å². The van der Waals surface area contributed by atoms with Crippen LogP contribution in [-0.4, -0.2) is 41.8 Å². The summed E-state index contributed by atoms with van der Waals surface area (Å²) in [5.74, 6) is 0. The first kappa shape index (κ1) is 17.8. The lowest BCUT2D eigenvalue weighted by molar-refractivity contribution is 0.0438. The minimum absolute atomic E-state index is 0.133. The lowest BCUT2D eigenvalue weighted by Gasteiger charge is -2.39. The molecule has 4 heteroatoms. The molecule has 2 atom stereocenters. The maximum Gasteiger partial charge on any atom is 0.407 e. The van der Waals surface area contributed by atoms with Crippen molar-refractivity contribution in [1.29, 1.82) is 0 Å². The largest absolute Gasteiger partial charge is 0.444 e. The molecule has 0 radical (unpaired) electrons. The van der Waals surface area contributed by atoms with E-state index >= 15 is 0 Å². The Morgan fingerprint density at radius 2 is 1.81 bits per heavy atom. The summed E-state index contributed by atoms with van der Waals surface area (Å²) in [7, 11) is 0. The van der Waals surface area contributed by atoms with Gasteiger partial charge in [0.15, 0.2) is 0 Å². The molecule has 0 aliphatic heterocycles. The molecular weight excluding hydrogens is 264 g/mol. The number of hydrogen-bond acceptors (Lipinski definition) is 3. The highest BCUT2D eigenvalue weighted by Crippen LogP contribution is 2.24. The van der Waals surface area contributed by atoms with Crippen LogP contribution in [-0.2, 0) is 4.74 Å². The van der Waals surface area contributed by atoms with Gasteiger partial charge in [0.1, 0.15) is 5.60 Å². The van der Waals surface area contributed by atoms with Crippen LogP contribution in [0.4, 0.5) is 4.79 Å². The summed E-state index contributed by atoms with van der Waals surface area (Å²) in [5.41, 5.74) is -0.462. The van der Waals surface area contributed by atoms with Crippen LogP contribution in [0, 0.1) is 0 Å². The first-order valence-electron chi connectivity index (χ1n) is 7.82. The predicted molar refractivity (Wildman–Crippen MR) is 87.4 cm³/mol. The van der Waals surface area contributed by atoms with E-state index in [1.165, 1.54) is 6.42 Å². The molecule has 0 heterocycles. The van der Waals surface area contributed by atoms with Gasteiger partial charge in [-0.25, -0.2) is 4.79 Å². The molecule has 0 unspecified atom stereocenters. The second kappa shape index (κ2) is 8.23. The third-order valence-electron chi connectivity index (χ3n) is 3.63. The van der Waals surface area contributed by atoms with Gasteiger partial charge in [0.25, 0.3) is 0 Å². The van der Waals surface area contributed by atoms with E-state index in [0.29, 0.717) is 6.04 Å². The fourth-order valence-corrected chi connectivity index (χ4v) is 2.85. The van der Waals surface area contributed by atoms with E-state index in [1.807, 2.05) is 32.9 Å². The average Bonchev–Trinajstić information content (AvgIpc) is 2.37. The second-order valence-corrected chi connectivity index (χ2v) is 6.64. The molecule has 1 rings (SSSR count). The predicted octanol–water partition coefficient (Wildman–Crippen LogP) is 3.50. The number of alkyl carbamates (subject to hydrolysis) is 1. The maximum absolute atomic E-state index is 12.0. The third kappa shape index (κ3) is 6.34. The Hall–Kier alpha value is -1.29. The SMILES string of the molecule is C=CCN(CC=C)[C@H]1CCCC[C@@H]1NC(=O)OC(C)(C)C. The number of rotatable bonds is 6. The van der Waals surface area contributed by atoms with E-state index in [0.717, 1.165) is 32.4 Å². The van der Waals surface area contributed by atoms with E-state index in [2.05, 4.69) is 23.4 Å². The Morgan fingerprint density at radius 3 is 2.33 bits per heavy atom. The van der Waals surface area contributed by atoms with Crippen molar-refractivity contribution in [3.8, 4) is 0 Å². The van der Waals surface area contributed by atoms with Crippen LogP contribution in [0.5, 0.6) is 0 Å². The Morgan fingerprint density at radius 1 is 1.24 bits per heavy atom. The number of carbonyl (C=O) groups excluding carboxylic acids is 1. The zero-order valence-corrected chi connectivity index (χ0v) is 13.7. The van der Waals surface area contributed by atoms with Gasteiger partial charge in [-0.1, -0.05) is 25.0 Å². The van der Waals surface area contributed by atoms with Gasteiger partial charge in [-0.2, -0.15) is 0 Å². The molecular formula is C17H30N2O2. The summed E-state index contributed by atoms with van der Waals surface area (Å²) in [6, 6.07) is 0.454. The summed E-state index contributed by atoms with van der Waals surface area (Å²) in [5, 5.41) is 3.05. The summed E-state index contributed by atoms with van der Waals surface area (Å²) in [6.07, 6.45) is 7.91. The number of nitrogens with one attached hydrogen (secondary N) is 1. The molecule has 1 N–H and O–H groups in total. The van der Waals surface area contributed by atoms with E-state index < -0.39 is 5.60 Å². The zero-order chi connectivity index (χ0) is 15.9. The number of nitrogens with zero attached hydrogens (tertiary/aromatic N) is 1. The molecule has 1 aliphatic carbocycles. The van der Waals surface area contributed by atoms with Crippen molar-refractivity contribution in [2.45, 2.75) is 64.1 Å². The molecule has 21 heavy (non-hydrogen) atoms. The minimum atomic E-state index is -0.462. The topological polar surface area (TPSA) is 41.6 Å². The van der Waals surface area contributed by atoms with Crippen molar-refractivity contribution in [2.24, 2.45) is 0 Å². The highest BCUT2D eigenvalue weighted by molar-refractivity contribution is 5.68. The molecule has 1 fully saturated rings. The molecule has 0 aromatic heterocycles. The van der Waals surface area contributed by atoms with Crippen LogP contribution in [0.1, 0.15) is 46.5 Å². The van der Waals surface area contributed by atoms with Gasteiger partial charge in [-0.3, -0.25) is 4.90 Å². The first-order chi connectivity index (χ1) is 9.87. The molecule has 1 aliphatic rings. The molecule has 0 saturated heterocycles. The lowest BCUT2D eigenvalue weighted by Crippen LogP contribution is -2.54. The molecule has 0 bridgehead atoms. The number of hydrogen-bond donors (Lipinski definition) is 1. The lowest BCUT2D eigenvalue weighted by atomic mass is 9.89. The van der Waals surface area contributed by atoms with Gasteiger partial charge in [0.05, 0.1) is 0 Å². The van der Waals surface area contributed by atoms with Gasteiger partial charge in [-0.15, -0.1) is 13.2 Å². The molecule has 120 valence electrons. The molecule has 4 nitrogen and oxygen atoms in total. The van der Waals surface area contributed by atoms with Gasteiger partial charge < -0.3 is 10.1 Å². The standard InChI is InChI=1S/C17H30N2O2/c1-6-12-19(13-7-2)15-11-9-8-10-14(15)18-16(20)21-17(3,4)5/h6-7,14-15H,1-2,8-13H2,3-5H3,(H,18,20)/t14-,15-/m0/s1. The summed E-state index contributed by atoms with van der Waals surface area (Å²) < 4.78 is 5.38. The van der Waals surface area contributed by atoms with Crippen molar-refractivity contribution in [3.05, 3.63) is 25.3 Å². The number of ether oxygens (including phenoxy) is 1. The van der Waals surface area contributed by atoms with Crippen molar-refractivity contribution in [2.75, 3.05) is 13.1 Å². The van der Waals surface area contributed by atoms with Crippen LogP contribution >= 0.6 is 0 Å². The first-order valence-corrected chi connectivity index (χ1v) is 7.82. The van der Waals surface area contributed by atoms with Gasteiger partial charge in [-0.05, 0) is 33.6 Å². The molecule has 0 aromatic carbocycles. The van der Waals surface area contributed by atoms with Gasteiger partial charge in [0.2, 0.25) is 0 Å². The van der Waals surface area contributed by atoms with Gasteiger partial charge >= 0.3 is 6.09 Å². The quantitative estimate of drug-likeness (QED) is 0.762. The van der Waals surface area contributed by atoms with Gasteiger partial charge in [0, 0.05) is 25.2 Å². The summed E-state index contributed by atoms with van der Waals surface area (Å²) in [4.78, 5) is 14.3. The van der Waals surface area contributed by atoms with Crippen LogP contribution in [0.15, 0.2) is 25.3 Å². The Kier molecular flexibility index (Phi) is 6.96. The monoisotopic (exact) mass is 294 g/mol. The van der Waals surface area contributed by atoms with Crippen LogP contribution in [0.25, 0.3) is 0 Å². The van der Waals surface area contributed by atoms with Crippen LogP contribution in [0.3, 0.4) is 0 Å². The number of amides is 1. The second-order valence-electron chi connectivity index (χ2n) is 6.64. The van der Waals surface area contributed by atoms with Crippen molar-refractivity contribution >= 4 is 6.09 Å². The Balaban J connectivity index is 2.69. The maximum atomic E-state index is 12.0. The van der Waals surface area contributed by atoms with Crippen LogP contribution in [0.2, 0.25) is 0 Å². The highest BCUT2D eigenvalue weighted by atomic mass is 16.6. The average molecular weight is 294 g/mol. The Labute approximate surface area is 129 Å². The third-order valence-corrected chi connectivity index (χ3v) is 3.63. The van der Waals surface area contributed by atoms with E-state index in [9.17, 15) is 4.79 Å². The van der Waals surface area contributed by atoms with Crippen molar-refractivity contribution in [1.82, 2.24) is 10.2 Å². The fraction of sp³-hybridized carbons (Fsp3) is 0.706. The highest BCUT2D eigenvalue weighted by Gasteiger charge is 2.31. The molecule has 0 aromatic rings. The van der Waals surface area contributed by atoms with E-state index in [1.54, 1.807) is 0 Å². The zero-order valence-electron chi connectivity index (χ0n) is 13.7. The molecule has 1 saturated carbocycles. The smallest absolute Gasteiger partial charge is 0.407 e. The van der Waals surface area contributed by atoms with Crippen LogP contribution < -0.4 is 5.32 Å². The molecule has 0 spiro atoms.